The molecular weight excluding hydrogens is 429 g/mol. The predicted octanol–water partition coefficient (Wildman–Crippen LogP) is 3.62. The number of rotatable bonds is 5. The van der Waals surface area contributed by atoms with Gasteiger partial charge in [-0.1, -0.05) is 18.2 Å². The highest BCUT2D eigenvalue weighted by atomic mass is 32.2. The fourth-order valence-corrected chi connectivity index (χ4v) is 4.77. The molecule has 10 heteroatoms. The molecule has 2 N–H and O–H groups in total. The van der Waals surface area contributed by atoms with Crippen LogP contribution in [0, 0.1) is 22.2 Å². The van der Waals surface area contributed by atoms with Crippen molar-refractivity contribution in [2.24, 2.45) is 0 Å². The van der Waals surface area contributed by atoms with E-state index >= 15 is 4.39 Å². The standard InChI is InChI=1S/C21H25F3N4O2S/c1-27(2)21(29)28-8-7-18(26-31(3,25)30)19(28)11-13-5-4-6-17(20(13)24)14-9-15(22)12-16(23)10-14/h4-6,9-10,12,18-19H,7-8,11H2,1-3H3,(H2,25,26,30)/t18-,19-,31?/m0/s1. The zero-order chi connectivity index (χ0) is 22.9. The van der Waals surface area contributed by atoms with E-state index < -0.39 is 39.5 Å². The summed E-state index contributed by atoms with van der Waals surface area (Å²) in [4.78, 5) is 15.6. The second-order valence-electron chi connectivity index (χ2n) is 7.94. The van der Waals surface area contributed by atoms with Gasteiger partial charge in [-0.05, 0) is 36.1 Å². The van der Waals surface area contributed by atoms with Gasteiger partial charge in [0.2, 0.25) is 0 Å². The summed E-state index contributed by atoms with van der Waals surface area (Å²) in [5.74, 6) is -2.26. The number of nitrogens with one attached hydrogen (secondary N) is 2. The molecule has 0 aromatic heterocycles. The number of carbonyl (C=O) groups excluding carboxylic acids is 1. The van der Waals surface area contributed by atoms with Gasteiger partial charge in [0.25, 0.3) is 0 Å². The Balaban J connectivity index is 1.98. The van der Waals surface area contributed by atoms with Crippen molar-refractivity contribution in [3.05, 3.63) is 59.4 Å². The maximum absolute atomic E-state index is 15.4. The van der Waals surface area contributed by atoms with Crippen LogP contribution in [0.15, 0.2) is 36.4 Å². The minimum Gasteiger partial charge on any atom is -0.331 e. The Morgan fingerprint density at radius 3 is 2.45 bits per heavy atom. The van der Waals surface area contributed by atoms with Crippen molar-refractivity contribution in [1.82, 2.24) is 14.5 Å². The van der Waals surface area contributed by atoms with Crippen LogP contribution in [0.3, 0.4) is 0 Å². The van der Waals surface area contributed by atoms with Crippen molar-refractivity contribution in [2.45, 2.75) is 24.9 Å². The van der Waals surface area contributed by atoms with E-state index in [1.165, 1.54) is 17.2 Å². The second-order valence-corrected chi connectivity index (χ2v) is 9.86. The maximum Gasteiger partial charge on any atom is 0.319 e. The highest BCUT2D eigenvalue weighted by Gasteiger charge is 2.39. The molecule has 3 rings (SSSR count). The van der Waals surface area contributed by atoms with Crippen molar-refractivity contribution < 1.29 is 22.2 Å². The lowest BCUT2D eigenvalue weighted by molar-refractivity contribution is 0.162. The highest BCUT2D eigenvalue weighted by Crippen LogP contribution is 2.30. The molecule has 2 aromatic carbocycles. The van der Waals surface area contributed by atoms with Gasteiger partial charge >= 0.3 is 6.03 Å². The van der Waals surface area contributed by atoms with Crippen LogP contribution in [0.25, 0.3) is 11.1 Å². The molecule has 2 amide bonds. The van der Waals surface area contributed by atoms with E-state index in [0.717, 1.165) is 12.1 Å². The third-order valence-corrected chi connectivity index (χ3v) is 5.98. The van der Waals surface area contributed by atoms with Gasteiger partial charge < -0.3 is 9.80 Å². The van der Waals surface area contributed by atoms with E-state index in [0.29, 0.717) is 19.0 Å². The molecule has 0 bridgehead atoms. The summed E-state index contributed by atoms with van der Waals surface area (Å²) >= 11 is 0. The summed E-state index contributed by atoms with van der Waals surface area (Å²) in [6.07, 6.45) is 1.80. The fourth-order valence-electron chi connectivity index (χ4n) is 3.92. The number of amides is 2. The quantitative estimate of drug-likeness (QED) is 0.724. The first-order chi connectivity index (χ1) is 14.5. The minimum atomic E-state index is -3.05. The van der Waals surface area contributed by atoms with Crippen LogP contribution in [0.5, 0.6) is 0 Å². The summed E-state index contributed by atoms with van der Waals surface area (Å²) in [6, 6.07) is 6.11. The predicted molar refractivity (Wildman–Crippen MR) is 113 cm³/mol. The molecule has 0 aliphatic carbocycles. The Kier molecular flexibility index (Phi) is 6.61. The highest BCUT2D eigenvalue weighted by molar-refractivity contribution is 7.89. The molecule has 1 aliphatic rings. The van der Waals surface area contributed by atoms with Gasteiger partial charge in [-0.15, -0.1) is 0 Å². The largest absolute Gasteiger partial charge is 0.331 e. The molecule has 31 heavy (non-hydrogen) atoms. The average molecular weight is 455 g/mol. The summed E-state index contributed by atoms with van der Waals surface area (Å²) in [5.41, 5.74) is 0.371. The zero-order valence-corrected chi connectivity index (χ0v) is 18.3. The molecule has 0 radical (unpaired) electrons. The van der Waals surface area contributed by atoms with Crippen LogP contribution in [0.1, 0.15) is 12.0 Å². The van der Waals surface area contributed by atoms with Crippen molar-refractivity contribution in [2.75, 3.05) is 26.9 Å². The molecule has 1 saturated heterocycles. The topological polar surface area (TPSA) is 76.5 Å². The monoisotopic (exact) mass is 454 g/mol. The van der Waals surface area contributed by atoms with Gasteiger partial charge in [-0.2, -0.15) is 0 Å². The van der Waals surface area contributed by atoms with E-state index in [1.54, 1.807) is 31.1 Å². The van der Waals surface area contributed by atoms with Crippen molar-refractivity contribution in [3.8, 4) is 11.1 Å². The molecule has 0 saturated carbocycles. The van der Waals surface area contributed by atoms with Crippen LogP contribution < -0.4 is 4.72 Å². The lowest BCUT2D eigenvalue weighted by Crippen LogP contribution is -2.50. The Labute approximate surface area is 180 Å². The first-order valence-corrected chi connectivity index (χ1v) is 11.7. The van der Waals surface area contributed by atoms with E-state index in [1.807, 2.05) is 0 Å². The normalized spacial score (nSPS) is 20.5. The Morgan fingerprint density at radius 2 is 1.87 bits per heavy atom. The van der Waals surface area contributed by atoms with E-state index in [4.69, 9.17) is 4.78 Å². The summed E-state index contributed by atoms with van der Waals surface area (Å²) in [6.45, 7) is 0.366. The molecule has 1 aliphatic heterocycles. The molecular formula is C21H25F3N4O2S. The Bertz CT molecular complexity index is 1070. The summed E-state index contributed by atoms with van der Waals surface area (Å²) in [5, 5.41) is 0. The van der Waals surface area contributed by atoms with Gasteiger partial charge in [-0.25, -0.2) is 31.7 Å². The molecule has 1 heterocycles. The first kappa shape index (κ1) is 23.1. The van der Waals surface area contributed by atoms with Crippen molar-refractivity contribution in [3.63, 3.8) is 0 Å². The van der Waals surface area contributed by atoms with Gasteiger partial charge in [0.05, 0.1) is 6.04 Å². The smallest absolute Gasteiger partial charge is 0.319 e. The third-order valence-electron chi connectivity index (χ3n) is 5.23. The van der Waals surface area contributed by atoms with Crippen molar-refractivity contribution in [1.29, 1.82) is 4.78 Å². The average Bonchev–Trinajstić information content (AvgIpc) is 3.02. The number of hydrogen-bond acceptors (Lipinski definition) is 3. The fraction of sp³-hybridized carbons (Fsp3) is 0.381. The number of urea groups is 1. The summed E-state index contributed by atoms with van der Waals surface area (Å²) in [7, 11) is 0.157. The van der Waals surface area contributed by atoms with E-state index in [2.05, 4.69) is 4.72 Å². The van der Waals surface area contributed by atoms with E-state index in [9.17, 15) is 17.8 Å². The van der Waals surface area contributed by atoms with Crippen LogP contribution >= 0.6 is 0 Å². The number of hydrogen-bond donors (Lipinski definition) is 2. The van der Waals surface area contributed by atoms with Gasteiger partial charge in [0, 0.05) is 44.6 Å². The second kappa shape index (κ2) is 8.88. The minimum absolute atomic E-state index is 0.0451. The van der Waals surface area contributed by atoms with Crippen LogP contribution in [0.2, 0.25) is 0 Å². The molecule has 3 atom stereocenters. The Morgan fingerprint density at radius 1 is 1.23 bits per heavy atom. The first-order valence-electron chi connectivity index (χ1n) is 9.69. The lowest BCUT2D eigenvalue weighted by atomic mass is 9.96. The molecule has 1 unspecified atom stereocenters. The van der Waals surface area contributed by atoms with Gasteiger partial charge in [0.15, 0.2) is 0 Å². The van der Waals surface area contributed by atoms with Crippen LogP contribution in [-0.2, 0) is 16.3 Å². The molecule has 168 valence electrons. The zero-order valence-electron chi connectivity index (χ0n) is 17.5. The lowest BCUT2D eigenvalue weighted by Gasteiger charge is -2.31. The summed E-state index contributed by atoms with van der Waals surface area (Å²) < 4.78 is 65.1. The Hall–Kier alpha value is -2.59. The van der Waals surface area contributed by atoms with Gasteiger partial charge in [0.1, 0.15) is 27.4 Å². The van der Waals surface area contributed by atoms with E-state index in [-0.39, 0.29) is 29.1 Å². The maximum atomic E-state index is 15.4. The number of likely N-dealkylation sites (tertiary alicyclic amines) is 1. The number of benzene rings is 2. The van der Waals surface area contributed by atoms with Crippen LogP contribution in [-0.4, -0.2) is 59.0 Å². The SMILES string of the molecule is CN(C)C(=O)N1CC[C@H](NS(C)(=N)=O)[C@@H]1Cc1cccc(-c2cc(F)cc(F)c2)c1F. The van der Waals surface area contributed by atoms with Gasteiger partial charge in [-0.3, -0.25) is 0 Å². The van der Waals surface area contributed by atoms with Crippen molar-refractivity contribution >= 4 is 15.9 Å². The number of halogens is 3. The molecule has 1 fully saturated rings. The molecule has 2 aromatic rings. The molecule has 6 nitrogen and oxygen atoms in total. The third kappa shape index (κ3) is 5.37. The molecule has 0 spiro atoms. The number of nitrogens with zero attached hydrogens (tertiary/aromatic N) is 2. The number of carbonyl (C=O) groups is 1. The van der Waals surface area contributed by atoms with Crippen LogP contribution in [0.4, 0.5) is 18.0 Å².